The molecule has 0 saturated carbocycles. The maximum Gasteiger partial charge on any atom is 0.253 e. The number of thiazole rings is 1. The van der Waals surface area contributed by atoms with Gasteiger partial charge in [0.25, 0.3) is 5.91 Å². The molecule has 3 aromatic rings. The van der Waals surface area contributed by atoms with Gasteiger partial charge in [0.2, 0.25) is 5.91 Å². The summed E-state index contributed by atoms with van der Waals surface area (Å²) in [6.07, 6.45) is 0.0812. The zero-order valence-electron chi connectivity index (χ0n) is 15.5. The van der Waals surface area contributed by atoms with Crippen LogP contribution in [0.3, 0.4) is 0 Å². The van der Waals surface area contributed by atoms with Gasteiger partial charge in [-0.1, -0.05) is 54.1 Å². The number of halogens is 1. The Hall–Kier alpha value is -2.70. The van der Waals surface area contributed by atoms with Crippen molar-refractivity contribution in [3.8, 4) is 0 Å². The monoisotopic (exact) mass is 413 g/mol. The Kier molecular flexibility index (Phi) is 6.44. The fourth-order valence-electron chi connectivity index (χ4n) is 2.70. The average molecular weight is 414 g/mol. The van der Waals surface area contributed by atoms with Gasteiger partial charge in [-0.15, -0.1) is 11.3 Å². The van der Waals surface area contributed by atoms with E-state index in [-0.39, 0.29) is 18.2 Å². The van der Waals surface area contributed by atoms with E-state index in [1.807, 2.05) is 44.2 Å². The van der Waals surface area contributed by atoms with Gasteiger partial charge in [0.15, 0.2) is 5.13 Å². The van der Waals surface area contributed by atoms with Crippen molar-refractivity contribution in [3.05, 3.63) is 81.3 Å². The van der Waals surface area contributed by atoms with Crippen molar-refractivity contribution in [1.82, 2.24) is 10.3 Å². The molecule has 0 radical (unpaired) electrons. The smallest absolute Gasteiger partial charge is 0.253 e. The number of aryl methyl sites for hydroxylation is 2. The number of hydrogen-bond donors (Lipinski definition) is 2. The number of benzene rings is 2. The van der Waals surface area contributed by atoms with Crippen LogP contribution in [0.5, 0.6) is 0 Å². The standard InChI is InChI=1S/C21H20ClN3O2S/c1-13-14(2)28-21(23-13)25-19(26)12-18(15-8-4-3-5-9-15)24-20(27)16-10-6-7-11-17(16)22/h3-11,18H,12H2,1-2H3,(H,24,27)(H,23,25,26). The van der Waals surface area contributed by atoms with Gasteiger partial charge in [0.05, 0.1) is 28.7 Å². The van der Waals surface area contributed by atoms with Crippen molar-refractivity contribution in [2.24, 2.45) is 0 Å². The van der Waals surface area contributed by atoms with Gasteiger partial charge in [0.1, 0.15) is 0 Å². The van der Waals surface area contributed by atoms with Crippen LogP contribution in [0.1, 0.15) is 39.0 Å². The summed E-state index contributed by atoms with van der Waals surface area (Å²) < 4.78 is 0. The molecule has 28 heavy (non-hydrogen) atoms. The van der Waals surface area contributed by atoms with E-state index in [0.717, 1.165) is 16.1 Å². The summed E-state index contributed by atoms with van der Waals surface area (Å²) in [5, 5.41) is 6.67. The molecule has 2 N–H and O–H groups in total. The lowest BCUT2D eigenvalue weighted by Crippen LogP contribution is -2.31. The zero-order valence-corrected chi connectivity index (χ0v) is 17.1. The van der Waals surface area contributed by atoms with Crippen LogP contribution in [-0.4, -0.2) is 16.8 Å². The van der Waals surface area contributed by atoms with Gasteiger partial charge in [-0.3, -0.25) is 9.59 Å². The third kappa shape index (κ3) is 4.97. The second-order valence-electron chi connectivity index (χ2n) is 6.33. The Morgan fingerprint density at radius 2 is 1.75 bits per heavy atom. The van der Waals surface area contributed by atoms with Crippen molar-refractivity contribution < 1.29 is 9.59 Å². The van der Waals surface area contributed by atoms with Crippen molar-refractivity contribution in [2.75, 3.05) is 5.32 Å². The van der Waals surface area contributed by atoms with Crippen molar-refractivity contribution in [3.63, 3.8) is 0 Å². The number of aromatic nitrogens is 1. The lowest BCUT2D eigenvalue weighted by Gasteiger charge is -2.19. The Morgan fingerprint density at radius 3 is 2.39 bits per heavy atom. The van der Waals surface area contributed by atoms with Crippen LogP contribution in [0.15, 0.2) is 54.6 Å². The molecule has 7 heteroatoms. The quantitative estimate of drug-likeness (QED) is 0.602. The second kappa shape index (κ2) is 8.99. The highest BCUT2D eigenvalue weighted by atomic mass is 35.5. The molecule has 0 aliphatic rings. The van der Waals surface area contributed by atoms with Crippen LogP contribution in [0.4, 0.5) is 5.13 Å². The Bertz CT molecular complexity index is 969. The molecule has 1 atom stereocenters. The number of amides is 2. The molecule has 0 aliphatic heterocycles. The molecule has 3 rings (SSSR count). The molecule has 5 nitrogen and oxygen atoms in total. The number of nitrogens with zero attached hydrogens (tertiary/aromatic N) is 1. The summed E-state index contributed by atoms with van der Waals surface area (Å²) >= 11 is 7.56. The number of nitrogens with one attached hydrogen (secondary N) is 2. The van der Waals surface area contributed by atoms with Crippen LogP contribution >= 0.6 is 22.9 Å². The summed E-state index contributed by atoms with van der Waals surface area (Å²) in [6.45, 7) is 3.86. The molecule has 0 fully saturated rings. The summed E-state index contributed by atoms with van der Waals surface area (Å²) in [4.78, 5) is 30.7. The van der Waals surface area contributed by atoms with E-state index in [1.54, 1.807) is 24.3 Å². The maximum atomic E-state index is 12.7. The molecular weight excluding hydrogens is 394 g/mol. The van der Waals surface area contributed by atoms with Crippen molar-refractivity contribution in [1.29, 1.82) is 0 Å². The van der Waals surface area contributed by atoms with E-state index in [4.69, 9.17) is 11.6 Å². The minimum absolute atomic E-state index is 0.0812. The first-order valence-electron chi connectivity index (χ1n) is 8.78. The van der Waals surface area contributed by atoms with Crippen LogP contribution < -0.4 is 10.6 Å². The third-order valence-corrected chi connectivity index (χ3v) is 5.61. The van der Waals surface area contributed by atoms with Crippen LogP contribution in [0.2, 0.25) is 5.02 Å². The Balaban J connectivity index is 1.76. The topological polar surface area (TPSA) is 71.1 Å². The number of hydrogen-bond acceptors (Lipinski definition) is 4. The van der Waals surface area contributed by atoms with Crippen molar-refractivity contribution in [2.45, 2.75) is 26.3 Å². The van der Waals surface area contributed by atoms with Gasteiger partial charge in [-0.05, 0) is 31.5 Å². The lowest BCUT2D eigenvalue weighted by atomic mass is 10.0. The molecular formula is C21H20ClN3O2S. The molecule has 0 aliphatic carbocycles. The molecule has 0 spiro atoms. The summed E-state index contributed by atoms with van der Waals surface area (Å²) in [7, 11) is 0. The van der Waals surface area contributed by atoms with Gasteiger partial charge < -0.3 is 10.6 Å². The first-order chi connectivity index (χ1) is 13.4. The normalized spacial score (nSPS) is 11.7. The van der Waals surface area contributed by atoms with Gasteiger partial charge in [0, 0.05) is 4.88 Å². The predicted octanol–water partition coefficient (Wildman–Crippen LogP) is 4.91. The highest BCUT2D eigenvalue weighted by Crippen LogP contribution is 2.24. The minimum Gasteiger partial charge on any atom is -0.345 e. The first-order valence-corrected chi connectivity index (χ1v) is 9.97. The summed E-state index contributed by atoms with van der Waals surface area (Å²) in [5.41, 5.74) is 2.10. The zero-order chi connectivity index (χ0) is 20.1. The molecule has 0 saturated heterocycles. The van der Waals surface area contributed by atoms with Crippen LogP contribution in [0, 0.1) is 13.8 Å². The largest absolute Gasteiger partial charge is 0.345 e. The highest BCUT2D eigenvalue weighted by molar-refractivity contribution is 7.15. The molecule has 1 unspecified atom stereocenters. The highest BCUT2D eigenvalue weighted by Gasteiger charge is 2.21. The number of carbonyl (C=O) groups is 2. The van der Waals surface area contributed by atoms with Gasteiger partial charge in [-0.2, -0.15) is 0 Å². The average Bonchev–Trinajstić information content (AvgIpc) is 2.99. The van der Waals surface area contributed by atoms with Crippen LogP contribution in [0.25, 0.3) is 0 Å². The number of carbonyl (C=O) groups excluding carboxylic acids is 2. The van der Waals surface area contributed by atoms with E-state index in [9.17, 15) is 9.59 Å². The number of rotatable bonds is 6. The minimum atomic E-state index is -0.493. The van der Waals surface area contributed by atoms with E-state index in [2.05, 4.69) is 15.6 Å². The molecule has 1 aromatic heterocycles. The summed E-state index contributed by atoms with van der Waals surface area (Å²) in [6, 6.07) is 15.7. The maximum absolute atomic E-state index is 12.7. The van der Waals surface area contributed by atoms with E-state index >= 15 is 0 Å². The number of anilines is 1. The fraction of sp³-hybridized carbons (Fsp3) is 0.190. The van der Waals surface area contributed by atoms with Gasteiger partial charge in [-0.25, -0.2) is 4.98 Å². The first kappa shape index (κ1) is 20.0. The molecule has 144 valence electrons. The molecule has 2 aromatic carbocycles. The SMILES string of the molecule is Cc1nc(NC(=O)CC(NC(=O)c2ccccc2Cl)c2ccccc2)sc1C. The van der Waals surface area contributed by atoms with E-state index < -0.39 is 6.04 Å². The van der Waals surface area contributed by atoms with Crippen molar-refractivity contribution >= 4 is 39.9 Å². The lowest BCUT2D eigenvalue weighted by molar-refractivity contribution is -0.116. The Morgan fingerprint density at radius 1 is 1.07 bits per heavy atom. The second-order valence-corrected chi connectivity index (χ2v) is 7.94. The van der Waals surface area contributed by atoms with Crippen LogP contribution in [-0.2, 0) is 4.79 Å². The fourth-order valence-corrected chi connectivity index (χ4v) is 3.75. The Labute approximate surface area is 172 Å². The summed E-state index contributed by atoms with van der Waals surface area (Å²) in [5.74, 6) is -0.546. The molecule has 1 heterocycles. The van der Waals surface area contributed by atoms with Gasteiger partial charge >= 0.3 is 0 Å². The molecule has 2 amide bonds. The van der Waals surface area contributed by atoms with E-state index in [1.165, 1.54) is 11.3 Å². The molecule has 0 bridgehead atoms. The third-order valence-electron chi connectivity index (χ3n) is 4.29. The predicted molar refractivity (Wildman–Crippen MR) is 113 cm³/mol. The van der Waals surface area contributed by atoms with E-state index in [0.29, 0.717) is 15.7 Å².